The van der Waals surface area contributed by atoms with Crippen molar-refractivity contribution in [3.63, 3.8) is 0 Å². The topological polar surface area (TPSA) is 75.2 Å². The number of rotatable bonds is 4. The summed E-state index contributed by atoms with van der Waals surface area (Å²) in [7, 11) is 0. The first kappa shape index (κ1) is 12.9. The lowest BCUT2D eigenvalue weighted by Crippen LogP contribution is -2.10. The number of aryl methyl sites for hydroxylation is 1. The number of H-pyrrole nitrogens is 1. The van der Waals surface area contributed by atoms with Gasteiger partial charge in [0.2, 0.25) is 0 Å². The van der Waals surface area contributed by atoms with Crippen LogP contribution in [-0.2, 0) is 9.53 Å². The van der Waals surface area contributed by atoms with E-state index in [0.717, 1.165) is 11.5 Å². The maximum atomic E-state index is 10.2. The normalized spacial score (nSPS) is 11.9. The molecule has 1 atom stereocenters. The fourth-order valence-electron chi connectivity index (χ4n) is 0.927. The molecule has 0 fully saturated rings. The number of carboxylic acids is 1. The number of nitrogens with zero attached hydrogens (tertiary/aromatic N) is 1. The number of carbonyl (C=O) groups is 1. The van der Waals surface area contributed by atoms with E-state index in [0.29, 0.717) is 0 Å². The second kappa shape index (κ2) is 5.62. The van der Waals surface area contributed by atoms with Crippen LogP contribution in [0.2, 0.25) is 0 Å². The summed E-state index contributed by atoms with van der Waals surface area (Å²) in [6, 6.07) is 0. The van der Waals surface area contributed by atoms with Crippen molar-refractivity contribution in [2.75, 3.05) is 6.61 Å². The predicted molar refractivity (Wildman–Crippen MR) is 52.6 cm³/mol. The maximum absolute atomic E-state index is 10.2. The van der Waals surface area contributed by atoms with Gasteiger partial charge in [0.15, 0.2) is 0 Å². The highest BCUT2D eigenvalue weighted by Crippen LogP contribution is 2.13. The standard InChI is InChI=1S/C8H12N2O3.ClH/c1-5(13-4-8(11)12)7-3-9-6(2)10-7;/h3,5H,4H2,1-2H3,(H,9,10)(H,11,12);1H. The number of hydrogen-bond donors (Lipinski definition) is 2. The number of carboxylic acid groups (broad SMARTS) is 1. The smallest absolute Gasteiger partial charge is 0.329 e. The maximum Gasteiger partial charge on any atom is 0.329 e. The van der Waals surface area contributed by atoms with Gasteiger partial charge in [0.1, 0.15) is 12.4 Å². The van der Waals surface area contributed by atoms with Crippen LogP contribution in [0.25, 0.3) is 0 Å². The molecule has 0 bridgehead atoms. The number of halogens is 1. The number of hydrogen-bond acceptors (Lipinski definition) is 3. The van der Waals surface area contributed by atoms with Crippen LogP contribution >= 0.6 is 12.4 Å². The van der Waals surface area contributed by atoms with Gasteiger partial charge in [0.25, 0.3) is 0 Å². The zero-order valence-corrected chi connectivity index (χ0v) is 8.80. The number of aromatic amines is 1. The van der Waals surface area contributed by atoms with Crippen molar-refractivity contribution >= 4 is 18.4 Å². The van der Waals surface area contributed by atoms with E-state index in [2.05, 4.69) is 9.97 Å². The molecule has 1 aromatic rings. The average molecular weight is 221 g/mol. The van der Waals surface area contributed by atoms with Gasteiger partial charge in [0, 0.05) is 6.20 Å². The first-order valence-corrected chi connectivity index (χ1v) is 3.95. The van der Waals surface area contributed by atoms with Gasteiger partial charge in [-0.2, -0.15) is 0 Å². The molecule has 1 unspecified atom stereocenters. The first-order valence-electron chi connectivity index (χ1n) is 3.95. The minimum atomic E-state index is -0.973. The van der Waals surface area contributed by atoms with Gasteiger partial charge in [-0.3, -0.25) is 0 Å². The molecule has 2 N–H and O–H groups in total. The first-order chi connectivity index (χ1) is 6.09. The van der Waals surface area contributed by atoms with Crippen molar-refractivity contribution in [3.8, 4) is 0 Å². The highest BCUT2D eigenvalue weighted by Gasteiger charge is 2.10. The highest BCUT2D eigenvalue weighted by atomic mass is 35.5. The van der Waals surface area contributed by atoms with Crippen LogP contribution in [0.3, 0.4) is 0 Å². The molecule has 1 rings (SSSR count). The van der Waals surface area contributed by atoms with Crippen LogP contribution in [0.1, 0.15) is 24.5 Å². The second-order valence-electron chi connectivity index (χ2n) is 2.76. The van der Waals surface area contributed by atoms with Gasteiger partial charge < -0.3 is 14.8 Å². The molecule has 0 saturated heterocycles. The van der Waals surface area contributed by atoms with E-state index in [1.807, 2.05) is 6.92 Å². The third-order valence-electron chi connectivity index (χ3n) is 1.60. The number of imidazole rings is 1. The lowest BCUT2D eigenvalue weighted by molar-refractivity contribution is -0.144. The van der Waals surface area contributed by atoms with Crippen LogP contribution in [0, 0.1) is 6.92 Å². The Balaban J connectivity index is 0.00000169. The fourth-order valence-corrected chi connectivity index (χ4v) is 0.927. The van der Waals surface area contributed by atoms with Gasteiger partial charge in [-0.25, -0.2) is 9.78 Å². The van der Waals surface area contributed by atoms with Crippen LogP contribution in [0.5, 0.6) is 0 Å². The molecule has 6 heteroatoms. The van der Waals surface area contributed by atoms with E-state index >= 15 is 0 Å². The van der Waals surface area contributed by atoms with Gasteiger partial charge >= 0.3 is 5.97 Å². The summed E-state index contributed by atoms with van der Waals surface area (Å²) in [6.07, 6.45) is 1.42. The van der Waals surface area contributed by atoms with Crippen molar-refractivity contribution in [2.45, 2.75) is 20.0 Å². The third-order valence-corrected chi connectivity index (χ3v) is 1.60. The number of aromatic nitrogens is 2. The molecule has 0 spiro atoms. The summed E-state index contributed by atoms with van der Waals surface area (Å²) in [6.45, 7) is 3.29. The fraction of sp³-hybridized carbons (Fsp3) is 0.500. The Morgan fingerprint density at radius 2 is 2.43 bits per heavy atom. The number of nitrogens with one attached hydrogen (secondary N) is 1. The molecule has 80 valence electrons. The zero-order valence-electron chi connectivity index (χ0n) is 7.98. The van der Waals surface area contributed by atoms with Crippen molar-refractivity contribution < 1.29 is 14.6 Å². The molecule has 0 saturated carbocycles. The zero-order chi connectivity index (χ0) is 9.84. The Kier molecular flexibility index (Phi) is 5.19. The molecular weight excluding hydrogens is 208 g/mol. The number of aliphatic carboxylic acids is 1. The minimum absolute atomic E-state index is 0. The molecule has 0 aromatic carbocycles. The van der Waals surface area contributed by atoms with Gasteiger partial charge in [-0.05, 0) is 13.8 Å². The Morgan fingerprint density at radius 3 is 2.86 bits per heavy atom. The molecule has 0 aliphatic carbocycles. The molecule has 5 nitrogen and oxygen atoms in total. The Hall–Kier alpha value is -1.07. The Morgan fingerprint density at radius 1 is 1.79 bits per heavy atom. The van der Waals surface area contributed by atoms with E-state index in [1.54, 1.807) is 13.1 Å². The highest BCUT2D eigenvalue weighted by molar-refractivity contribution is 5.85. The van der Waals surface area contributed by atoms with Crippen LogP contribution in [0.15, 0.2) is 6.20 Å². The monoisotopic (exact) mass is 220 g/mol. The van der Waals surface area contributed by atoms with Crippen LogP contribution in [0.4, 0.5) is 0 Å². The molecule has 0 aliphatic heterocycles. The van der Waals surface area contributed by atoms with Gasteiger partial charge in [-0.15, -0.1) is 12.4 Å². The van der Waals surface area contributed by atoms with Crippen molar-refractivity contribution in [1.82, 2.24) is 9.97 Å². The van der Waals surface area contributed by atoms with Crippen LogP contribution < -0.4 is 0 Å². The van der Waals surface area contributed by atoms with Gasteiger partial charge in [-0.1, -0.05) is 0 Å². The minimum Gasteiger partial charge on any atom is -0.480 e. The second-order valence-corrected chi connectivity index (χ2v) is 2.76. The predicted octanol–water partition coefficient (Wildman–Crippen LogP) is 1.30. The molecule has 0 amide bonds. The molecule has 0 aliphatic rings. The SMILES string of the molecule is Cc1nc(C(C)OCC(=O)O)c[nH]1.Cl. The summed E-state index contributed by atoms with van der Waals surface area (Å²) >= 11 is 0. The van der Waals surface area contributed by atoms with Crippen molar-refractivity contribution in [1.29, 1.82) is 0 Å². The lowest BCUT2D eigenvalue weighted by atomic mass is 10.3. The quantitative estimate of drug-likeness (QED) is 0.802. The van der Waals surface area contributed by atoms with Crippen LogP contribution in [-0.4, -0.2) is 27.7 Å². The summed E-state index contributed by atoms with van der Waals surface area (Å²) in [4.78, 5) is 17.2. The van der Waals surface area contributed by atoms with E-state index in [9.17, 15) is 4.79 Å². The Labute approximate surface area is 87.9 Å². The van der Waals surface area contributed by atoms with Gasteiger partial charge in [0.05, 0.1) is 11.8 Å². The van der Waals surface area contributed by atoms with E-state index in [-0.39, 0.29) is 25.1 Å². The summed E-state index contributed by atoms with van der Waals surface area (Å²) in [5.74, 6) is -0.181. The molecule has 1 aromatic heterocycles. The lowest BCUT2D eigenvalue weighted by Gasteiger charge is -2.07. The average Bonchev–Trinajstić information content (AvgIpc) is 2.47. The van der Waals surface area contributed by atoms with Crippen molar-refractivity contribution in [2.24, 2.45) is 0 Å². The molecule has 1 heterocycles. The third kappa shape index (κ3) is 3.76. The van der Waals surface area contributed by atoms with E-state index in [4.69, 9.17) is 9.84 Å². The molecular formula is C8H13ClN2O3. The Bertz CT molecular complexity index is 301. The van der Waals surface area contributed by atoms with E-state index in [1.165, 1.54) is 0 Å². The summed E-state index contributed by atoms with van der Waals surface area (Å²) in [5, 5.41) is 8.36. The summed E-state index contributed by atoms with van der Waals surface area (Å²) < 4.78 is 5.02. The van der Waals surface area contributed by atoms with Crippen molar-refractivity contribution in [3.05, 3.63) is 17.7 Å². The molecule has 0 radical (unpaired) electrons. The largest absolute Gasteiger partial charge is 0.480 e. The molecule has 14 heavy (non-hydrogen) atoms. The number of ether oxygens (including phenoxy) is 1. The van der Waals surface area contributed by atoms with E-state index < -0.39 is 5.97 Å². The summed E-state index contributed by atoms with van der Waals surface area (Å²) in [5.41, 5.74) is 0.721.